The van der Waals surface area contributed by atoms with Crippen LogP contribution in [0.4, 0.5) is 0 Å². The molecule has 0 fully saturated rings. The van der Waals surface area contributed by atoms with Gasteiger partial charge < -0.3 is 10.2 Å². The van der Waals surface area contributed by atoms with Gasteiger partial charge in [0.25, 0.3) is 0 Å². The number of para-hydroxylation sites is 1. The van der Waals surface area contributed by atoms with Crippen LogP contribution in [0.3, 0.4) is 0 Å². The van der Waals surface area contributed by atoms with Crippen molar-refractivity contribution in [3.05, 3.63) is 54.6 Å². The largest absolute Gasteiger partial charge is 0.508 e. The molecule has 0 bridgehead atoms. The Bertz CT molecular complexity index is 832. The van der Waals surface area contributed by atoms with E-state index in [9.17, 15) is 9.90 Å². The molecule has 0 aliphatic carbocycles. The third kappa shape index (κ3) is 3.57. The van der Waals surface area contributed by atoms with E-state index in [1.54, 1.807) is 24.3 Å². The van der Waals surface area contributed by atoms with E-state index in [2.05, 4.69) is 10.2 Å². The molecule has 24 heavy (non-hydrogen) atoms. The molecule has 0 spiro atoms. The highest BCUT2D eigenvalue weighted by Crippen LogP contribution is 2.28. The number of carboxylic acid groups (broad SMARTS) is 1. The Morgan fingerprint density at radius 3 is 2.42 bits per heavy atom. The van der Waals surface area contributed by atoms with E-state index in [0.29, 0.717) is 16.7 Å². The zero-order chi connectivity index (χ0) is 16.9. The highest BCUT2D eigenvalue weighted by Gasteiger charge is 2.16. The number of aromatic nitrogens is 3. The number of hydrogen-bond donors (Lipinski definition) is 2. The third-order valence-corrected chi connectivity index (χ3v) is 4.25. The maximum Gasteiger partial charge on any atom is 0.304 e. The Morgan fingerprint density at radius 1 is 1.04 bits per heavy atom. The Kier molecular flexibility index (Phi) is 4.81. The highest BCUT2D eigenvalue weighted by atomic mass is 32.2. The van der Waals surface area contributed by atoms with Gasteiger partial charge in [-0.05, 0) is 36.4 Å². The zero-order valence-electron chi connectivity index (χ0n) is 12.7. The summed E-state index contributed by atoms with van der Waals surface area (Å²) >= 11 is 1.35. The molecule has 6 nitrogen and oxygen atoms in total. The average Bonchev–Trinajstić information content (AvgIpc) is 3.00. The number of carbonyl (C=O) groups is 1. The number of phenolic OH excluding ortho intramolecular Hbond substituents is 1. The van der Waals surface area contributed by atoms with Gasteiger partial charge in [0.05, 0.1) is 6.42 Å². The molecule has 1 aromatic heterocycles. The lowest BCUT2D eigenvalue weighted by atomic mass is 10.2. The lowest BCUT2D eigenvalue weighted by Crippen LogP contribution is -2.01. The Hall–Kier alpha value is -2.80. The third-order valence-electron chi connectivity index (χ3n) is 3.32. The number of hydrogen-bond acceptors (Lipinski definition) is 5. The van der Waals surface area contributed by atoms with Crippen LogP contribution in [0, 0.1) is 0 Å². The van der Waals surface area contributed by atoms with Gasteiger partial charge in [-0.25, -0.2) is 0 Å². The molecular formula is C17H15N3O3S. The first-order valence-electron chi connectivity index (χ1n) is 7.30. The summed E-state index contributed by atoms with van der Waals surface area (Å²) < 4.78 is 1.89. The molecule has 0 aliphatic heterocycles. The van der Waals surface area contributed by atoms with E-state index in [1.165, 1.54) is 11.8 Å². The number of nitrogens with zero attached hydrogens (tertiary/aromatic N) is 3. The molecule has 122 valence electrons. The first-order chi connectivity index (χ1) is 11.6. The molecule has 2 N–H and O–H groups in total. The molecule has 0 aliphatic rings. The summed E-state index contributed by atoms with van der Waals surface area (Å²) in [5, 5.41) is 27.4. The molecule has 2 aromatic carbocycles. The van der Waals surface area contributed by atoms with Crippen molar-refractivity contribution in [1.82, 2.24) is 14.8 Å². The molecule has 0 amide bonds. The van der Waals surface area contributed by atoms with Gasteiger partial charge in [-0.2, -0.15) is 0 Å². The number of thioether (sulfide) groups is 1. The first kappa shape index (κ1) is 16.1. The maximum absolute atomic E-state index is 10.7. The van der Waals surface area contributed by atoms with Crippen molar-refractivity contribution < 1.29 is 15.0 Å². The van der Waals surface area contributed by atoms with Gasteiger partial charge in [0.15, 0.2) is 11.0 Å². The van der Waals surface area contributed by atoms with Crippen LogP contribution in [-0.4, -0.2) is 36.7 Å². The van der Waals surface area contributed by atoms with Gasteiger partial charge >= 0.3 is 5.97 Å². The number of carboxylic acids is 1. The molecule has 0 saturated carbocycles. The average molecular weight is 341 g/mol. The Morgan fingerprint density at radius 2 is 1.75 bits per heavy atom. The van der Waals surface area contributed by atoms with E-state index < -0.39 is 5.97 Å². The molecule has 0 saturated heterocycles. The van der Waals surface area contributed by atoms with Crippen LogP contribution in [0.1, 0.15) is 6.42 Å². The number of rotatable bonds is 6. The minimum absolute atomic E-state index is 0.0564. The second kappa shape index (κ2) is 7.18. The number of aromatic hydroxyl groups is 1. The summed E-state index contributed by atoms with van der Waals surface area (Å²) in [4.78, 5) is 10.7. The maximum atomic E-state index is 10.7. The summed E-state index contributed by atoms with van der Waals surface area (Å²) in [7, 11) is 0. The minimum atomic E-state index is -0.841. The van der Waals surface area contributed by atoms with E-state index in [1.807, 2.05) is 34.9 Å². The second-order valence-electron chi connectivity index (χ2n) is 5.02. The van der Waals surface area contributed by atoms with Crippen molar-refractivity contribution in [3.63, 3.8) is 0 Å². The van der Waals surface area contributed by atoms with Gasteiger partial charge in [-0.15, -0.1) is 10.2 Å². The summed E-state index contributed by atoms with van der Waals surface area (Å²) in [5.41, 5.74) is 1.71. The fourth-order valence-corrected chi connectivity index (χ4v) is 3.08. The molecule has 3 rings (SSSR count). The van der Waals surface area contributed by atoms with Crippen LogP contribution in [-0.2, 0) is 4.79 Å². The molecule has 1 heterocycles. The van der Waals surface area contributed by atoms with Crippen molar-refractivity contribution in [2.75, 3.05) is 5.75 Å². The fraction of sp³-hybridized carbons (Fsp3) is 0.118. The Labute approximate surface area is 142 Å². The van der Waals surface area contributed by atoms with Crippen LogP contribution in [0.25, 0.3) is 17.1 Å². The number of phenols is 1. The molecular weight excluding hydrogens is 326 g/mol. The number of aliphatic carboxylic acids is 1. The quantitative estimate of drug-likeness (QED) is 0.669. The highest BCUT2D eigenvalue weighted by molar-refractivity contribution is 7.99. The van der Waals surface area contributed by atoms with Gasteiger partial charge in [-0.1, -0.05) is 30.0 Å². The predicted octanol–water partition coefficient (Wildman–Crippen LogP) is 3.21. The molecule has 0 unspecified atom stereocenters. The summed E-state index contributed by atoms with van der Waals surface area (Å²) in [5.74, 6) is 0.391. The predicted molar refractivity (Wildman–Crippen MR) is 91.4 cm³/mol. The van der Waals surface area contributed by atoms with Crippen LogP contribution < -0.4 is 0 Å². The smallest absolute Gasteiger partial charge is 0.304 e. The van der Waals surface area contributed by atoms with E-state index in [4.69, 9.17) is 5.11 Å². The topological polar surface area (TPSA) is 88.2 Å². The van der Waals surface area contributed by atoms with Crippen LogP contribution in [0.2, 0.25) is 0 Å². The molecule has 3 aromatic rings. The molecule has 7 heteroatoms. The zero-order valence-corrected chi connectivity index (χ0v) is 13.5. The summed E-state index contributed by atoms with van der Waals surface area (Å²) in [6.07, 6.45) is 0.0564. The van der Waals surface area contributed by atoms with E-state index >= 15 is 0 Å². The van der Waals surface area contributed by atoms with Crippen molar-refractivity contribution in [1.29, 1.82) is 0 Å². The van der Waals surface area contributed by atoms with Crippen molar-refractivity contribution in [2.45, 2.75) is 11.6 Å². The van der Waals surface area contributed by atoms with Crippen molar-refractivity contribution in [3.8, 4) is 22.8 Å². The lowest BCUT2D eigenvalue weighted by Gasteiger charge is -2.10. The normalized spacial score (nSPS) is 10.7. The minimum Gasteiger partial charge on any atom is -0.508 e. The molecule has 0 radical (unpaired) electrons. The van der Waals surface area contributed by atoms with Gasteiger partial charge in [0, 0.05) is 17.0 Å². The number of benzene rings is 2. The SMILES string of the molecule is O=C(O)CCSc1nnc(-c2ccc(O)cc2)n1-c1ccccc1. The van der Waals surface area contributed by atoms with E-state index in [0.717, 1.165) is 11.3 Å². The summed E-state index contributed by atoms with van der Waals surface area (Å²) in [6, 6.07) is 16.4. The fourth-order valence-electron chi connectivity index (χ4n) is 2.20. The first-order valence-corrected chi connectivity index (χ1v) is 8.28. The second-order valence-corrected chi connectivity index (χ2v) is 6.08. The monoisotopic (exact) mass is 341 g/mol. The van der Waals surface area contributed by atoms with E-state index in [-0.39, 0.29) is 12.2 Å². The summed E-state index contributed by atoms with van der Waals surface area (Å²) in [6.45, 7) is 0. The standard InChI is InChI=1S/C17H15N3O3S/c21-14-8-6-12(7-9-14)16-18-19-17(24-11-10-15(22)23)20(16)13-4-2-1-3-5-13/h1-9,21H,10-11H2,(H,22,23). The van der Waals surface area contributed by atoms with Gasteiger partial charge in [-0.3, -0.25) is 9.36 Å². The Balaban J connectivity index is 2.01. The van der Waals surface area contributed by atoms with Crippen LogP contribution >= 0.6 is 11.8 Å². The van der Waals surface area contributed by atoms with Gasteiger partial charge in [0.2, 0.25) is 0 Å². The molecule has 0 atom stereocenters. The van der Waals surface area contributed by atoms with Crippen molar-refractivity contribution >= 4 is 17.7 Å². The van der Waals surface area contributed by atoms with Crippen LogP contribution in [0.15, 0.2) is 59.8 Å². The van der Waals surface area contributed by atoms with Crippen LogP contribution in [0.5, 0.6) is 5.75 Å². The van der Waals surface area contributed by atoms with Gasteiger partial charge in [0.1, 0.15) is 5.75 Å². The van der Waals surface area contributed by atoms with Crippen molar-refractivity contribution in [2.24, 2.45) is 0 Å². The lowest BCUT2D eigenvalue weighted by molar-refractivity contribution is -0.136.